The van der Waals surface area contributed by atoms with Crippen LogP contribution in [0.4, 0.5) is 30.2 Å². The highest BCUT2D eigenvalue weighted by atomic mass is 19.4. The van der Waals surface area contributed by atoms with Gasteiger partial charge in [0, 0.05) is 36.5 Å². The zero-order valence-electron chi connectivity index (χ0n) is 10.0. The molecule has 1 aromatic carbocycles. The SMILES string of the molecule is Nc1cc(NCCCCC(F)(F)F)cc([N+](=O)[O-])c1. The summed E-state index contributed by atoms with van der Waals surface area (Å²) in [6.07, 6.45) is -4.63. The molecule has 106 valence electrons. The number of nitro benzene ring substituents is 1. The van der Waals surface area contributed by atoms with Gasteiger partial charge in [-0.3, -0.25) is 10.1 Å². The smallest absolute Gasteiger partial charge is 0.389 e. The lowest BCUT2D eigenvalue weighted by molar-refractivity contribution is -0.384. The number of nitrogens with zero attached hydrogens (tertiary/aromatic N) is 1. The average Bonchev–Trinajstić information content (AvgIpc) is 2.26. The molecule has 19 heavy (non-hydrogen) atoms. The lowest BCUT2D eigenvalue weighted by Crippen LogP contribution is -2.09. The summed E-state index contributed by atoms with van der Waals surface area (Å²) in [7, 11) is 0. The van der Waals surface area contributed by atoms with E-state index in [1.54, 1.807) is 0 Å². The quantitative estimate of drug-likeness (QED) is 0.362. The highest BCUT2D eigenvalue weighted by Gasteiger charge is 2.25. The van der Waals surface area contributed by atoms with Crippen molar-refractivity contribution in [1.29, 1.82) is 0 Å². The Balaban J connectivity index is 2.43. The monoisotopic (exact) mass is 277 g/mol. The summed E-state index contributed by atoms with van der Waals surface area (Å²) >= 11 is 0. The molecule has 5 nitrogen and oxygen atoms in total. The Hall–Kier alpha value is -1.99. The summed E-state index contributed by atoms with van der Waals surface area (Å²) in [6, 6.07) is 4.01. The Morgan fingerprint density at radius 1 is 1.26 bits per heavy atom. The van der Waals surface area contributed by atoms with Gasteiger partial charge < -0.3 is 11.1 Å². The number of unbranched alkanes of at least 4 members (excludes halogenated alkanes) is 1. The maximum absolute atomic E-state index is 11.9. The van der Waals surface area contributed by atoms with Gasteiger partial charge in [0.15, 0.2) is 0 Å². The molecule has 0 heterocycles. The van der Waals surface area contributed by atoms with Crippen LogP contribution in [0.2, 0.25) is 0 Å². The minimum Gasteiger partial charge on any atom is -0.398 e. The van der Waals surface area contributed by atoms with E-state index in [4.69, 9.17) is 5.73 Å². The third-order valence-electron chi connectivity index (χ3n) is 2.37. The maximum Gasteiger partial charge on any atom is 0.389 e. The standard InChI is InChI=1S/C11H14F3N3O2/c12-11(13,14)3-1-2-4-16-9-5-8(15)6-10(7-9)17(18)19/h5-7,16H,1-4,15H2. The summed E-state index contributed by atoms with van der Waals surface area (Å²) < 4.78 is 35.7. The molecular weight excluding hydrogens is 263 g/mol. The molecule has 1 rings (SSSR count). The van der Waals surface area contributed by atoms with Crippen LogP contribution in [0.15, 0.2) is 18.2 Å². The molecular formula is C11H14F3N3O2. The minimum atomic E-state index is -4.14. The van der Waals surface area contributed by atoms with Crippen LogP contribution in [0, 0.1) is 10.1 Å². The van der Waals surface area contributed by atoms with Crippen LogP contribution < -0.4 is 11.1 Å². The highest BCUT2D eigenvalue weighted by molar-refractivity contribution is 5.61. The molecule has 0 radical (unpaired) electrons. The van der Waals surface area contributed by atoms with Crippen molar-refractivity contribution < 1.29 is 18.1 Å². The van der Waals surface area contributed by atoms with Crippen LogP contribution in [0.1, 0.15) is 19.3 Å². The normalized spacial score (nSPS) is 11.3. The van der Waals surface area contributed by atoms with Gasteiger partial charge in [-0.1, -0.05) is 0 Å². The van der Waals surface area contributed by atoms with E-state index in [1.165, 1.54) is 18.2 Å². The van der Waals surface area contributed by atoms with Crippen molar-refractivity contribution in [3.05, 3.63) is 28.3 Å². The lowest BCUT2D eigenvalue weighted by Gasteiger charge is -2.08. The Morgan fingerprint density at radius 3 is 2.53 bits per heavy atom. The molecule has 0 aliphatic heterocycles. The van der Waals surface area contributed by atoms with Crippen LogP contribution >= 0.6 is 0 Å². The molecule has 0 aromatic heterocycles. The summed E-state index contributed by atoms with van der Waals surface area (Å²) in [4.78, 5) is 10.0. The molecule has 0 aliphatic rings. The van der Waals surface area contributed by atoms with E-state index in [9.17, 15) is 23.3 Å². The fourth-order valence-electron chi connectivity index (χ4n) is 1.53. The van der Waals surface area contributed by atoms with Gasteiger partial charge in [0.2, 0.25) is 0 Å². The predicted molar refractivity (Wildman–Crippen MR) is 65.9 cm³/mol. The number of nitrogen functional groups attached to an aromatic ring is 1. The average molecular weight is 277 g/mol. The van der Waals surface area contributed by atoms with Crippen molar-refractivity contribution in [2.24, 2.45) is 0 Å². The first-order chi connectivity index (χ1) is 8.78. The van der Waals surface area contributed by atoms with Gasteiger partial charge in [0.25, 0.3) is 5.69 Å². The van der Waals surface area contributed by atoms with Gasteiger partial charge in [-0.2, -0.15) is 13.2 Å². The number of non-ortho nitro benzene ring substituents is 1. The molecule has 8 heteroatoms. The van der Waals surface area contributed by atoms with Crippen molar-refractivity contribution in [2.75, 3.05) is 17.6 Å². The topological polar surface area (TPSA) is 81.2 Å². The Bertz CT molecular complexity index is 449. The molecule has 0 amide bonds. The number of nitro groups is 1. The van der Waals surface area contributed by atoms with Crippen LogP contribution in [-0.4, -0.2) is 17.6 Å². The fourth-order valence-corrected chi connectivity index (χ4v) is 1.53. The third kappa shape index (κ3) is 5.94. The van der Waals surface area contributed by atoms with E-state index >= 15 is 0 Å². The zero-order valence-corrected chi connectivity index (χ0v) is 10.0. The Kier molecular flexibility index (Phi) is 4.96. The van der Waals surface area contributed by atoms with Crippen molar-refractivity contribution >= 4 is 17.1 Å². The number of anilines is 2. The van der Waals surface area contributed by atoms with Crippen LogP contribution in [0.5, 0.6) is 0 Å². The van der Waals surface area contributed by atoms with Crippen LogP contribution in [0.3, 0.4) is 0 Å². The summed E-state index contributed by atoms with van der Waals surface area (Å²) in [6.45, 7) is 0.302. The van der Waals surface area contributed by atoms with E-state index in [0.29, 0.717) is 18.7 Å². The second-order valence-corrected chi connectivity index (χ2v) is 4.07. The molecule has 0 atom stereocenters. The Morgan fingerprint density at radius 2 is 1.95 bits per heavy atom. The second kappa shape index (κ2) is 6.26. The first-order valence-corrected chi connectivity index (χ1v) is 5.63. The van der Waals surface area contributed by atoms with Crippen molar-refractivity contribution in [3.8, 4) is 0 Å². The number of hydrogen-bond acceptors (Lipinski definition) is 4. The van der Waals surface area contributed by atoms with E-state index in [2.05, 4.69) is 5.32 Å². The Labute approximate surface area is 107 Å². The molecule has 0 fully saturated rings. The van der Waals surface area contributed by atoms with Crippen molar-refractivity contribution in [1.82, 2.24) is 0 Å². The van der Waals surface area contributed by atoms with E-state index in [-0.39, 0.29) is 17.8 Å². The molecule has 0 saturated carbocycles. The number of nitrogens with one attached hydrogen (secondary N) is 1. The van der Waals surface area contributed by atoms with Crippen molar-refractivity contribution in [2.45, 2.75) is 25.4 Å². The van der Waals surface area contributed by atoms with E-state index in [1.807, 2.05) is 0 Å². The first kappa shape index (κ1) is 15.1. The number of benzene rings is 1. The molecule has 0 saturated heterocycles. The summed E-state index contributed by atoms with van der Waals surface area (Å²) in [5.41, 5.74) is 5.99. The van der Waals surface area contributed by atoms with Crippen molar-refractivity contribution in [3.63, 3.8) is 0 Å². The van der Waals surface area contributed by atoms with E-state index < -0.39 is 17.5 Å². The minimum absolute atomic E-state index is 0.0148. The fraction of sp³-hybridized carbons (Fsp3) is 0.455. The molecule has 0 spiro atoms. The summed E-state index contributed by atoms with van der Waals surface area (Å²) in [5.74, 6) is 0. The van der Waals surface area contributed by atoms with Gasteiger partial charge in [-0.15, -0.1) is 0 Å². The molecule has 0 bridgehead atoms. The lowest BCUT2D eigenvalue weighted by atomic mass is 10.2. The number of halogens is 3. The van der Waals surface area contributed by atoms with Gasteiger partial charge >= 0.3 is 6.18 Å². The number of nitrogens with two attached hydrogens (primary N) is 1. The zero-order chi connectivity index (χ0) is 14.5. The maximum atomic E-state index is 11.9. The predicted octanol–water partition coefficient (Wildman–Crippen LogP) is 3.32. The molecule has 0 aliphatic carbocycles. The number of rotatable bonds is 6. The molecule has 1 aromatic rings. The summed E-state index contributed by atoms with van der Waals surface area (Å²) in [5, 5.41) is 13.4. The second-order valence-electron chi connectivity index (χ2n) is 4.07. The van der Waals surface area contributed by atoms with E-state index in [0.717, 1.165) is 0 Å². The van der Waals surface area contributed by atoms with Gasteiger partial charge in [-0.25, -0.2) is 0 Å². The van der Waals surface area contributed by atoms with Crippen LogP contribution in [0.25, 0.3) is 0 Å². The molecule has 3 N–H and O–H groups in total. The van der Waals surface area contributed by atoms with Gasteiger partial charge in [-0.05, 0) is 18.9 Å². The molecule has 0 unspecified atom stereocenters. The number of alkyl halides is 3. The third-order valence-corrected chi connectivity index (χ3v) is 2.37. The van der Waals surface area contributed by atoms with Crippen LogP contribution in [-0.2, 0) is 0 Å². The number of hydrogen-bond donors (Lipinski definition) is 2. The first-order valence-electron chi connectivity index (χ1n) is 5.63. The largest absolute Gasteiger partial charge is 0.398 e. The van der Waals surface area contributed by atoms with Gasteiger partial charge in [0.1, 0.15) is 0 Å². The van der Waals surface area contributed by atoms with Gasteiger partial charge in [0.05, 0.1) is 4.92 Å². The highest BCUT2D eigenvalue weighted by Crippen LogP contribution is 2.24.